The summed E-state index contributed by atoms with van der Waals surface area (Å²) in [6.45, 7) is 5.33. The smallest absolute Gasteiger partial charge is 0.243 e. The minimum Gasteiger partial charge on any atom is -0.353 e. The number of rotatable bonds is 4. The van der Waals surface area contributed by atoms with Crippen LogP contribution in [0.2, 0.25) is 0 Å². The van der Waals surface area contributed by atoms with Crippen molar-refractivity contribution >= 4 is 51.8 Å². The second-order valence-electron chi connectivity index (χ2n) is 9.09. The molecule has 3 aromatic rings. The first-order valence-electron chi connectivity index (χ1n) is 11.6. The summed E-state index contributed by atoms with van der Waals surface area (Å²) < 4.78 is 1.16. The summed E-state index contributed by atoms with van der Waals surface area (Å²) in [6.07, 6.45) is 2.59. The Morgan fingerprint density at radius 2 is 1.97 bits per heavy atom. The van der Waals surface area contributed by atoms with Gasteiger partial charge in [-0.05, 0) is 34.6 Å². The number of nitrogens with zero attached hydrogens (tertiary/aromatic N) is 5. The third-order valence-corrected chi connectivity index (χ3v) is 8.62. The van der Waals surface area contributed by atoms with Crippen LogP contribution in [0.15, 0.2) is 36.0 Å². The van der Waals surface area contributed by atoms with Crippen LogP contribution < -0.4 is 10.2 Å². The molecule has 1 N–H and O–H groups in total. The van der Waals surface area contributed by atoms with Crippen LogP contribution in [-0.2, 0) is 22.7 Å². The van der Waals surface area contributed by atoms with E-state index in [4.69, 9.17) is 12.6 Å². The van der Waals surface area contributed by atoms with E-state index in [9.17, 15) is 9.59 Å². The normalized spacial score (nSPS) is 24.0. The van der Waals surface area contributed by atoms with Crippen molar-refractivity contribution in [2.24, 2.45) is 0 Å². The van der Waals surface area contributed by atoms with Crippen LogP contribution in [0.4, 0.5) is 5.82 Å². The van der Waals surface area contributed by atoms with Crippen LogP contribution in [0.5, 0.6) is 0 Å². The lowest BCUT2D eigenvalue weighted by Gasteiger charge is -2.35. The average molecular weight is 495 g/mol. The molecule has 5 heterocycles. The number of hydrogen-bond donors (Lipinski definition) is 2. The molecule has 2 unspecified atom stereocenters. The van der Waals surface area contributed by atoms with Crippen molar-refractivity contribution in [2.75, 3.05) is 31.1 Å². The van der Waals surface area contributed by atoms with E-state index in [1.165, 1.54) is 16.7 Å². The highest BCUT2D eigenvalue weighted by Crippen LogP contribution is 2.41. The van der Waals surface area contributed by atoms with Crippen LogP contribution in [0.1, 0.15) is 34.9 Å². The number of nitrogens with one attached hydrogen (secondary N) is 1. The van der Waals surface area contributed by atoms with Crippen molar-refractivity contribution in [2.45, 2.75) is 37.3 Å². The highest BCUT2D eigenvalue weighted by atomic mass is 32.1. The monoisotopic (exact) mass is 494 g/mol. The summed E-state index contributed by atoms with van der Waals surface area (Å²) in [4.78, 5) is 40.0. The van der Waals surface area contributed by atoms with Gasteiger partial charge in [0.2, 0.25) is 11.8 Å². The molecule has 0 aliphatic carbocycles. The first-order chi connectivity index (χ1) is 16.6. The lowest BCUT2D eigenvalue weighted by atomic mass is 10.0. The van der Waals surface area contributed by atoms with Gasteiger partial charge >= 0.3 is 0 Å². The Morgan fingerprint density at radius 3 is 2.79 bits per heavy atom. The minimum atomic E-state index is -0.314. The molecule has 3 aliphatic heterocycles. The Morgan fingerprint density at radius 1 is 1.12 bits per heavy atom. The van der Waals surface area contributed by atoms with Crippen molar-refractivity contribution in [3.63, 3.8) is 0 Å². The van der Waals surface area contributed by atoms with Gasteiger partial charge in [0.15, 0.2) is 0 Å². The number of piperazine rings is 1. The van der Waals surface area contributed by atoms with E-state index in [0.29, 0.717) is 19.4 Å². The molecule has 2 fully saturated rings. The number of carbonyl (C=O) groups excluding carboxylic acids is 2. The van der Waals surface area contributed by atoms with Crippen molar-refractivity contribution < 1.29 is 9.59 Å². The van der Waals surface area contributed by atoms with E-state index in [1.807, 2.05) is 6.07 Å². The van der Waals surface area contributed by atoms with Gasteiger partial charge in [0.05, 0.1) is 21.6 Å². The number of carbonyl (C=O) groups is 2. The molecule has 1 aromatic carbocycles. The maximum atomic E-state index is 12.5. The Kier molecular flexibility index (Phi) is 5.76. The summed E-state index contributed by atoms with van der Waals surface area (Å²) in [5.74, 6) is 0.652. The molecule has 0 spiro atoms. The number of anilines is 1. The number of thiol groups is 1. The van der Waals surface area contributed by atoms with Crippen molar-refractivity contribution in [1.29, 1.82) is 0 Å². The van der Waals surface area contributed by atoms with E-state index in [0.717, 1.165) is 48.8 Å². The van der Waals surface area contributed by atoms with Gasteiger partial charge in [-0.15, -0.1) is 11.3 Å². The highest BCUT2D eigenvalue weighted by Gasteiger charge is 2.39. The summed E-state index contributed by atoms with van der Waals surface area (Å²) in [5.41, 5.74) is 4.75. The highest BCUT2D eigenvalue weighted by molar-refractivity contribution is 7.80. The predicted octanol–water partition coefficient (Wildman–Crippen LogP) is 2.56. The quantitative estimate of drug-likeness (QED) is 0.426. The molecule has 0 bridgehead atoms. The zero-order valence-corrected chi connectivity index (χ0v) is 20.4. The molecule has 10 heteroatoms. The van der Waals surface area contributed by atoms with E-state index in [1.54, 1.807) is 17.7 Å². The van der Waals surface area contributed by atoms with Gasteiger partial charge in [0.25, 0.3) is 0 Å². The van der Waals surface area contributed by atoms with E-state index in [-0.39, 0.29) is 23.2 Å². The number of imide groups is 1. The Labute approximate surface area is 207 Å². The Balaban J connectivity index is 1.14. The van der Waals surface area contributed by atoms with E-state index < -0.39 is 0 Å². The van der Waals surface area contributed by atoms with Crippen LogP contribution >= 0.6 is 24.0 Å². The fraction of sp³-hybridized carbons (Fsp3) is 0.417. The molecule has 3 aliphatic rings. The molecule has 34 heavy (non-hydrogen) atoms. The lowest BCUT2D eigenvalue weighted by molar-refractivity contribution is -0.137. The van der Waals surface area contributed by atoms with Crippen LogP contribution in [-0.4, -0.2) is 63.8 Å². The van der Waals surface area contributed by atoms with Crippen molar-refractivity contribution in [3.05, 3.63) is 52.7 Å². The maximum Gasteiger partial charge on any atom is 0.243 e. The first-order valence-corrected chi connectivity index (χ1v) is 13.0. The zero-order chi connectivity index (χ0) is 23.2. The number of amides is 2. The lowest BCUT2D eigenvalue weighted by Crippen LogP contribution is -2.51. The number of benzene rings is 1. The number of aromatic nitrogens is 2. The predicted molar refractivity (Wildman–Crippen MR) is 135 cm³/mol. The number of fused-ring (bicyclic) bond motifs is 2. The SMILES string of the molecule is O=C1CCC(N2Cc3c(CN4CCN(c5ncnc6ccsc56)CC4)cccc3C2S)C(=O)N1. The van der Waals surface area contributed by atoms with Crippen molar-refractivity contribution in [3.8, 4) is 0 Å². The number of hydrogen-bond acceptors (Lipinski definition) is 9. The van der Waals surface area contributed by atoms with Crippen molar-refractivity contribution in [1.82, 2.24) is 25.1 Å². The molecule has 2 amide bonds. The minimum absolute atomic E-state index is 0.137. The molecule has 176 valence electrons. The summed E-state index contributed by atoms with van der Waals surface area (Å²) >= 11 is 6.56. The van der Waals surface area contributed by atoms with Gasteiger partial charge in [-0.25, -0.2) is 9.97 Å². The fourth-order valence-corrected chi connectivity index (χ4v) is 6.67. The molecule has 2 aromatic heterocycles. The molecule has 8 nitrogen and oxygen atoms in total. The molecular formula is C24H26N6O2S2. The number of piperidine rings is 1. The second-order valence-corrected chi connectivity index (χ2v) is 10.5. The largest absolute Gasteiger partial charge is 0.353 e. The van der Waals surface area contributed by atoms with Gasteiger partial charge in [0, 0.05) is 45.7 Å². The zero-order valence-electron chi connectivity index (χ0n) is 18.7. The van der Waals surface area contributed by atoms with Crippen LogP contribution in [0, 0.1) is 0 Å². The third-order valence-electron chi connectivity index (χ3n) is 7.14. The van der Waals surface area contributed by atoms with E-state index in [2.05, 4.69) is 53.6 Å². The molecule has 0 saturated carbocycles. The fourth-order valence-electron chi connectivity index (χ4n) is 5.32. The maximum absolute atomic E-state index is 12.5. The molecule has 2 atom stereocenters. The summed E-state index contributed by atoms with van der Waals surface area (Å²) in [6, 6.07) is 8.13. The molecule has 0 radical (unpaired) electrons. The average Bonchev–Trinajstić information content (AvgIpc) is 3.45. The summed E-state index contributed by atoms with van der Waals surface area (Å²) in [5, 5.41) is 4.42. The van der Waals surface area contributed by atoms with Gasteiger partial charge in [0.1, 0.15) is 12.1 Å². The van der Waals surface area contributed by atoms with Gasteiger partial charge < -0.3 is 4.90 Å². The first kappa shape index (κ1) is 22.0. The van der Waals surface area contributed by atoms with Gasteiger partial charge in [-0.1, -0.05) is 18.2 Å². The van der Waals surface area contributed by atoms with Gasteiger partial charge in [-0.2, -0.15) is 12.6 Å². The topological polar surface area (TPSA) is 81.7 Å². The molecule has 6 rings (SSSR count). The second kappa shape index (κ2) is 8.92. The molecule has 2 saturated heterocycles. The molecular weight excluding hydrogens is 468 g/mol. The van der Waals surface area contributed by atoms with Gasteiger partial charge in [-0.3, -0.25) is 24.7 Å². The summed E-state index contributed by atoms with van der Waals surface area (Å²) in [7, 11) is 0. The van der Waals surface area contributed by atoms with Crippen LogP contribution in [0.25, 0.3) is 10.2 Å². The Hall–Kier alpha value is -2.53. The third kappa shape index (κ3) is 3.88. The Bertz CT molecular complexity index is 1260. The van der Waals surface area contributed by atoms with E-state index >= 15 is 0 Å². The van der Waals surface area contributed by atoms with Crippen LogP contribution in [0.3, 0.4) is 0 Å². The standard InChI is InChI=1S/C24H26N6O2S2/c31-20-5-4-19(23(32)27-20)30-13-17-15(2-1-3-16(17)24(30)33)12-28-7-9-29(10-8-28)22-21-18(6-11-34-21)25-14-26-22/h1-3,6,11,14,19,24,33H,4-5,7-10,12-13H2,(H,27,31,32). The number of thiophene rings is 1.